The van der Waals surface area contributed by atoms with Crippen molar-refractivity contribution in [2.75, 3.05) is 18.5 Å². The maximum absolute atomic E-state index is 8.84. The summed E-state index contributed by atoms with van der Waals surface area (Å²) in [5, 5.41) is 12.3. The summed E-state index contributed by atoms with van der Waals surface area (Å²) in [6.07, 6.45) is 1.77. The molecule has 1 aliphatic heterocycles. The molecule has 1 atom stereocenters. The Hall–Kier alpha value is -1.22. The van der Waals surface area contributed by atoms with E-state index in [0.717, 1.165) is 24.3 Å². The molecule has 0 amide bonds. The zero-order valence-corrected chi connectivity index (χ0v) is 10.6. The summed E-state index contributed by atoms with van der Waals surface area (Å²) in [6.45, 7) is 5.31. The van der Waals surface area contributed by atoms with Gasteiger partial charge in [0.05, 0.1) is 11.7 Å². The highest BCUT2D eigenvalue weighted by Gasteiger charge is 2.18. The average Bonchev–Trinajstić information content (AvgIpc) is 2.35. The topological polar surface area (TPSA) is 41.5 Å². The number of aliphatic hydroxyl groups excluding tert-OH is 1. The molecule has 0 radical (unpaired) electrons. The summed E-state index contributed by atoms with van der Waals surface area (Å²) in [7, 11) is 0. The predicted molar refractivity (Wildman–Crippen MR) is 69.8 cm³/mol. The molecule has 1 heterocycles. The van der Waals surface area contributed by atoms with Gasteiger partial charge >= 0.3 is 0 Å². The van der Waals surface area contributed by atoms with Gasteiger partial charge in [-0.1, -0.05) is 19.9 Å². The Balaban J connectivity index is 2.09. The van der Waals surface area contributed by atoms with Crippen molar-refractivity contribution >= 4 is 5.69 Å². The molecule has 1 unspecified atom stereocenters. The van der Waals surface area contributed by atoms with E-state index in [4.69, 9.17) is 9.84 Å². The fourth-order valence-corrected chi connectivity index (χ4v) is 2.09. The molecule has 0 saturated carbocycles. The van der Waals surface area contributed by atoms with Gasteiger partial charge in [0.1, 0.15) is 12.4 Å². The van der Waals surface area contributed by atoms with Crippen LogP contribution < -0.4 is 10.1 Å². The molecule has 0 saturated heterocycles. The molecule has 0 aromatic heterocycles. The van der Waals surface area contributed by atoms with Gasteiger partial charge in [-0.05, 0) is 36.5 Å². The lowest BCUT2D eigenvalue weighted by Crippen LogP contribution is -2.31. The van der Waals surface area contributed by atoms with E-state index in [1.807, 2.05) is 6.07 Å². The second-order valence-electron chi connectivity index (χ2n) is 4.93. The third-order valence-electron chi connectivity index (χ3n) is 3.18. The summed E-state index contributed by atoms with van der Waals surface area (Å²) >= 11 is 0. The lowest BCUT2D eigenvalue weighted by molar-refractivity contribution is 0.249. The van der Waals surface area contributed by atoms with Crippen molar-refractivity contribution in [2.45, 2.75) is 38.6 Å². The Labute approximate surface area is 103 Å². The summed E-state index contributed by atoms with van der Waals surface area (Å²) in [4.78, 5) is 0. The Morgan fingerprint density at radius 1 is 1.47 bits per heavy atom. The van der Waals surface area contributed by atoms with Gasteiger partial charge in [-0.25, -0.2) is 0 Å². The van der Waals surface area contributed by atoms with Crippen LogP contribution in [0.2, 0.25) is 0 Å². The van der Waals surface area contributed by atoms with Crippen molar-refractivity contribution in [3.05, 3.63) is 23.8 Å². The van der Waals surface area contributed by atoms with Gasteiger partial charge in [0.15, 0.2) is 0 Å². The molecular formula is C14H21NO2. The van der Waals surface area contributed by atoms with Crippen LogP contribution in [0.3, 0.4) is 0 Å². The SMILES string of the molecule is CC(C)c1ccc2c(c1)NC(CCCO)CO2. The minimum absolute atomic E-state index is 0.247. The molecule has 1 aromatic rings. The molecule has 3 heteroatoms. The number of ether oxygens (including phenoxy) is 1. The molecule has 0 bridgehead atoms. The van der Waals surface area contributed by atoms with Crippen LogP contribution in [-0.4, -0.2) is 24.4 Å². The van der Waals surface area contributed by atoms with E-state index in [2.05, 4.69) is 31.3 Å². The van der Waals surface area contributed by atoms with Gasteiger partial charge in [-0.3, -0.25) is 0 Å². The number of fused-ring (bicyclic) bond motifs is 1. The zero-order valence-electron chi connectivity index (χ0n) is 10.6. The number of aliphatic hydroxyl groups is 1. The van der Waals surface area contributed by atoms with Crippen LogP contribution in [0.15, 0.2) is 18.2 Å². The minimum atomic E-state index is 0.247. The number of nitrogens with one attached hydrogen (secondary N) is 1. The van der Waals surface area contributed by atoms with Gasteiger partial charge in [0.25, 0.3) is 0 Å². The number of benzene rings is 1. The van der Waals surface area contributed by atoms with E-state index >= 15 is 0 Å². The summed E-state index contributed by atoms with van der Waals surface area (Å²) < 4.78 is 5.72. The van der Waals surface area contributed by atoms with Crippen LogP contribution in [-0.2, 0) is 0 Å². The highest BCUT2D eigenvalue weighted by Crippen LogP contribution is 2.32. The van der Waals surface area contributed by atoms with Crippen LogP contribution in [0.4, 0.5) is 5.69 Å². The van der Waals surface area contributed by atoms with Gasteiger partial charge in [0.2, 0.25) is 0 Å². The van der Waals surface area contributed by atoms with Crippen LogP contribution in [0.25, 0.3) is 0 Å². The van der Waals surface area contributed by atoms with Crippen LogP contribution in [0.5, 0.6) is 5.75 Å². The van der Waals surface area contributed by atoms with Crippen LogP contribution in [0, 0.1) is 0 Å². The molecule has 0 fully saturated rings. The smallest absolute Gasteiger partial charge is 0.142 e. The van der Waals surface area contributed by atoms with Crippen molar-refractivity contribution < 1.29 is 9.84 Å². The van der Waals surface area contributed by atoms with Crippen LogP contribution >= 0.6 is 0 Å². The minimum Gasteiger partial charge on any atom is -0.489 e. The highest BCUT2D eigenvalue weighted by atomic mass is 16.5. The summed E-state index contributed by atoms with van der Waals surface area (Å²) in [5.74, 6) is 1.47. The monoisotopic (exact) mass is 235 g/mol. The first-order valence-corrected chi connectivity index (χ1v) is 6.35. The first-order chi connectivity index (χ1) is 8.20. The summed E-state index contributed by atoms with van der Waals surface area (Å²) in [6, 6.07) is 6.65. The van der Waals surface area contributed by atoms with Crippen molar-refractivity contribution in [2.24, 2.45) is 0 Å². The second-order valence-corrected chi connectivity index (χ2v) is 4.93. The van der Waals surface area contributed by atoms with E-state index in [-0.39, 0.29) is 6.61 Å². The first kappa shape index (κ1) is 12.2. The fraction of sp³-hybridized carbons (Fsp3) is 0.571. The highest BCUT2D eigenvalue weighted by molar-refractivity contribution is 5.60. The van der Waals surface area contributed by atoms with Crippen LogP contribution in [0.1, 0.15) is 38.2 Å². The Morgan fingerprint density at radius 2 is 2.29 bits per heavy atom. The van der Waals surface area contributed by atoms with Crippen molar-refractivity contribution in [3.63, 3.8) is 0 Å². The number of hydrogen-bond donors (Lipinski definition) is 2. The predicted octanol–water partition coefficient (Wildman–Crippen LogP) is 2.76. The normalized spacial score (nSPS) is 18.5. The Bertz CT molecular complexity index is 376. The number of anilines is 1. The molecule has 17 heavy (non-hydrogen) atoms. The maximum Gasteiger partial charge on any atom is 0.142 e. The largest absolute Gasteiger partial charge is 0.489 e. The molecule has 2 rings (SSSR count). The quantitative estimate of drug-likeness (QED) is 0.843. The van der Waals surface area contributed by atoms with E-state index < -0.39 is 0 Å². The molecule has 3 nitrogen and oxygen atoms in total. The standard InChI is InChI=1S/C14H21NO2/c1-10(2)11-5-6-14-13(8-11)15-12(9-17-14)4-3-7-16/h5-6,8,10,12,15-16H,3-4,7,9H2,1-2H3. The molecule has 94 valence electrons. The third-order valence-corrected chi connectivity index (χ3v) is 3.18. The third kappa shape index (κ3) is 2.91. The van der Waals surface area contributed by atoms with Gasteiger partial charge < -0.3 is 15.2 Å². The molecule has 0 spiro atoms. The molecular weight excluding hydrogens is 214 g/mol. The average molecular weight is 235 g/mol. The molecule has 2 N–H and O–H groups in total. The van der Waals surface area contributed by atoms with Gasteiger partial charge in [-0.2, -0.15) is 0 Å². The summed E-state index contributed by atoms with van der Waals surface area (Å²) in [5.41, 5.74) is 2.41. The van der Waals surface area contributed by atoms with Crippen molar-refractivity contribution in [3.8, 4) is 5.75 Å². The van der Waals surface area contributed by atoms with E-state index in [1.54, 1.807) is 0 Å². The van der Waals surface area contributed by atoms with Gasteiger partial charge in [-0.15, -0.1) is 0 Å². The molecule has 1 aromatic carbocycles. The molecule has 1 aliphatic rings. The van der Waals surface area contributed by atoms with Crippen molar-refractivity contribution in [1.82, 2.24) is 0 Å². The molecule has 0 aliphatic carbocycles. The maximum atomic E-state index is 8.84. The van der Waals surface area contributed by atoms with Crippen molar-refractivity contribution in [1.29, 1.82) is 0 Å². The number of hydrogen-bond acceptors (Lipinski definition) is 3. The Kier molecular flexibility index (Phi) is 3.89. The van der Waals surface area contributed by atoms with E-state index in [9.17, 15) is 0 Å². The first-order valence-electron chi connectivity index (χ1n) is 6.35. The van der Waals surface area contributed by atoms with E-state index in [1.165, 1.54) is 5.56 Å². The Morgan fingerprint density at radius 3 is 3.00 bits per heavy atom. The van der Waals surface area contributed by atoms with E-state index in [0.29, 0.717) is 18.6 Å². The zero-order chi connectivity index (χ0) is 12.3. The number of rotatable bonds is 4. The van der Waals surface area contributed by atoms with Gasteiger partial charge in [0, 0.05) is 6.61 Å². The lowest BCUT2D eigenvalue weighted by atomic mass is 10.0. The fourth-order valence-electron chi connectivity index (χ4n) is 2.09. The second kappa shape index (κ2) is 5.41. The lowest BCUT2D eigenvalue weighted by Gasteiger charge is -2.28.